The fraction of sp³-hybridized carbons (Fsp3) is 0.273. The summed E-state index contributed by atoms with van der Waals surface area (Å²) >= 11 is 11.9. The van der Waals surface area contributed by atoms with Crippen molar-refractivity contribution >= 4 is 40.9 Å². The molecule has 0 aliphatic carbocycles. The number of aryl methyl sites for hydroxylation is 1. The molecule has 0 heterocycles. The van der Waals surface area contributed by atoms with Crippen LogP contribution in [0.1, 0.15) is 43.4 Å². The van der Waals surface area contributed by atoms with Crippen molar-refractivity contribution in [2.75, 3.05) is 11.9 Å². The van der Waals surface area contributed by atoms with Gasteiger partial charge in [-0.05, 0) is 72.9 Å². The Morgan fingerprint density at radius 1 is 1.25 bits per heavy atom. The lowest BCUT2D eigenvalue weighted by Crippen LogP contribution is -2.13. The third kappa shape index (κ3) is 5.28. The Kier molecular flexibility index (Phi) is 7.51. The van der Waals surface area contributed by atoms with E-state index in [0.717, 1.165) is 22.4 Å². The van der Waals surface area contributed by atoms with Gasteiger partial charge in [-0.3, -0.25) is 4.79 Å². The molecule has 0 saturated carbocycles. The number of nitrogens with zero attached hydrogens (tertiary/aromatic N) is 1. The van der Waals surface area contributed by atoms with Crippen molar-refractivity contribution in [2.24, 2.45) is 0 Å². The lowest BCUT2D eigenvalue weighted by Gasteiger charge is -2.16. The summed E-state index contributed by atoms with van der Waals surface area (Å²) in [5, 5.41) is 12.9. The van der Waals surface area contributed by atoms with E-state index < -0.39 is 5.91 Å². The van der Waals surface area contributed by atoms with Gasteiger partial charge in [0.1, 0.15) is 17.4 Å². The third-order valence-electron chi connectivity index (χ3n) is 4.16. The molecule has 2 aromatic carbocycles. The second-order valence-electron chi connectivity index (χ2n) is 6.59. The molecule has 0 saturated heterocycles. The average molecular weight is 417 g/mol. The number of amides is 1. The highest BCUT2D eigenvalue weighted by atomic mass is 35.5. The van der Waals surface area contributed by atoms with Gasteiger partial charge in [0.15, 0.2) is 0 Å². The topological polar surface area (TPSA) is 62.1 Å². The van der Waals surface area contributed by atoms with Crippen LogP contribution in [0.15, 0.2) is 35.9 Å². The number of hydrogen-bond donors (Lipinski definition) is 1. The molecule has 0 bridgehead atoms. The maximum absolute atomic E-state index is 12.5. The number of halogens is 2. The van der Waals surface area contributed by atoms with Gasteiger partial charge in [0.25, 0.3) is 5.91 Å². The van der Waals surface area contributed by atoms with Crippen LogP contribution < -0.4 is 10.1 Å². The second kappa shape index (κ2) is 9.64. The zero-order valence-electron chi connectivity index (χ0n) is 16.3. The lowest BCUT2D eigenvalue weighted by atomic mass is 9.95. The van der Waals surface area contributed by atoms with Crippen molar-refractivity contribution in [3.63, 3.8) is 0 Å². The summed E-state index contributed by atoms with van der Waals surface area (Å²) in [5.74, 6) is 0.552. The summed E-state index contributed by atoms with van der Waals surface area (Å²) in [6.07, 6.45) is 1.59. The van der Waals surface area contributed by atoms with Crippen LogP contribution in [-0.4, -0.2) is 12.5 Å². The smallest absolute Gasteiger partial charge is 0.266 e. The first-order valence-electron chi connectivity index (χ1n) is 8.92. The molecule has 0 aliphatic rings. The molecule has 0 atom stereocenters. The number of carbonyl (C=O) groups is 1. The van der Waals surface area contributed by atoms with Gasteiger partial charge in [0.05, 0.1) is 16.7 Å². The van der Waals surface area contributed by atoms with Gasteiger partial charge in [-0.25, -0.2) is 0 Å². The van der Waals surface area contributed by atoms with Gasteiger partial charge >= 0.3 is 0 Å². The van der Waals surface area contributed by atoms with E-state index in [1.807, 2.05) is 32.0 Å². The molecule has 1 amide bonds. The summed E-state index contributed by atoms with van der Waals surface area (Å²) in [6, 6.07) is 10.6. The molecule has 28 heavy (non-hydrogen) atoms. The van der Waals surface area contributed by atoms with E-state index in [1.165, 1.54) is 6.07 Å². The van der Waals surface area contributed by atoms with Crippen LogP contribution in [0.3, 0.4) is 0 Å². The normalized spacial score (nSPS) is 11.3. The molecule has 0 unspecified atom stereocenters. The Morgan fingerprint density at radius 2 is 1.96 bits per heavy atom. The molecule has 4 nitrogen and oxygen atoms in total. The minimum Gasteiger partial charge on any atom is -0.494 e. The van der Waals surface area contributed by atoms with E-state index in [-0.39, 0.29) is 11.5 Å². The van der Waals surface area contributed by atoms with E-state index in [0.29, 0.717) is 22.3 Å². The van der Waals surface area contributed by atoms with Crippen LogP contribution in [0.25, 0.3) is 6.08 Å². The summed E-state index contributed by atoms with van der Waals surface area (Å²) in [7, 11) is 0. The summed E-state index contributed by atoms with van der Waals surface area (Å²) in [5.41, 5.74) is 3.21. The van der Waals surface area contributed by atoms with E-state index in [4.69, 9.17) is 27.9 Å². The first-order chi connectivity index (χ1) is 13.3. The van der Waals surface area contributed by atoms with Crippen LogP contribution in [0.4, 0.5) is 5.69 Å². The number of benzene rings is 2. The molecule has 1 N–H and O–H groups in total. The first kappa shape index (κ1) is 21.8. The molecule has 0 aromatic heterocycles. The molecule has 0 radical (unpaired) electrons. The maximum atomic E-state index is 12.5. The quantitative estimate of drug-likeness (QED) is 0.439. The Balaban J connectivity index is 2.37. The fourth-order valence-electron chi connectivity index (χ4n) is 2.68. The highest BCUT2D eigenvalue weighted by Gasteiger charge is 2.14. The number of ether oxygens (including phenoxy) is 1. The molecule has 0 spiro atoms. The molecule has 6 heteroatoms. The van der Waals surface area contributed by atoms with Crippen LogP contribution in [-0.2, 0) is 4.79 Å². The fourth-order valence-corrected chi connectivity index (χ4v) is 2.98. The Morgan fingerprint density at radius 3 is 2.54 bits per heavy atom. The van der Waals surface area contributed by atoms with Gasteiger partial charge in [-0.2, -0.15) is 5.26 Å². The number of hydrogen-bond acceptors (Lipinski definition) is 3. The molecule has 0 fully saturated rings. The Bertz CT molecular complexity index is 960. The minimum absolute atomic E-state index is 0.00645. The summed E-state index contributed by atoms with van der Waals surface area (Å²) in [4.78, 5) is 12.5. The van der Waals surface area contributed by atoms with Crippen LogP contribution >= 0.6 is 23.2 Å². The van der Waals surface area contributed by atoms with Crippen molar-refractivity contribution in [3.05, 3.63) is 62.6 Å². The van der Waals surface area contributed by atoms with E-state index in [9.17, 15) is 10.1 Å². The van der Waals surface area contributed by atoms with E-state index in [1.54, 1.807) is 18.2 Å². The van der Waals surface area contributed by atoms with Gasteiger partial charge in [0, 0.05) is 5.69 Å². The minimum atomic E-state index is -0.514. The van der Waals surface area contributed by atoms with Crippen molar-refractivity contribution in [1.29, 1.82) is 5.26 Å². The molecular weight excluding hydrogens is 395 g/mol. The third-order valence-corrected chi connectivity index (χ3v) is 4.90. The van der Waals surface area contributed by atoms with Crippen molar-refractivity contribution < 1.29 is 9.53 Å². The predicted molar refractivity (Wildman–Crippen MR) is 115 cm³/mol. The molecule has 0 aliphatic heterocycles. The Hall–Kier alpha value is -2.48. The number of nitrogens with one attached hydrogen (secondary N) is 1. The summed E-state index contributed by atoms with van der Waals surface area (Å²) in [6.45, 7) is 8.58. The zero-order chi connectivity index (χ0) is 20.8. The van der Waals surface area contributed by atoms with Crippen molar-refractivity contribution in [1.82, 2.24) is 0 Å². The van der Waals surface area contributed by atoms with E-state index in [2.05, 4.69) is 19.2 Å². The number of anilines is 1. The Labute approximate surface area is 175 Å². The predicted octanol–water partition coefficient (Wildman–Crippen LogP) is 6.37. The zero-order valence-corrected chi connectivity index (χ0v) is 17.8. The molecule has 2 rings (SSSR count). The standard InChI is InChI=1S/C22H22Cl2N2O2/c1-5-28-21-8-14(4)15(10-18(21)13(2)3)9-16(12-25)22(27)26-17-6-7-19(23)20(24)11-17/h6-11,13H,5H2,1-4H3,(H,26,27)/b16-9+. The number of rotatable bonds is 6. The van der Waals surface area contributed by atoms with Crippen molar-refractivity contribution in [2.45, 2.75) is 33.6 Å². The van der Waals surface area contributed by atoms with Gasteiger partial charge in [-0.15, -0.1) is 0 Å². The van der Waals surface area contributed by atoms with Crippen molar-refractivity contribution in [3.8, 4) is 11.8 Å². The highest BCUT2D eigenvalue weighted by Crippen LogP contribution is 2.31. The molecular formula is C22H22Cl2N2O2. The second-order valence-corrected chi connectivity index (χ2v) is 7.40. The first-order valence-corrected chi connectivity index (χ1v) is 9.67. The monoisotopic (exact) mass is 416 g/mol. The average Bonchev–Trinajstić information content (AvgIpc) is 2.64. The van der Waals surface area contributed by atoms with Gasteiger partial charge < -0.3 is 10.1 Å². The maximum Gasteiger partial charge on any atom is 0.266 e. The summed E-state index contributed by atoms with van der Waals surface area (Å²) < 4.78 is 5.72. The van der Waals surface area contributed by atoms with E-state index >= 15 is 0 Å². The highest BCUT2D eigenvalue weighted by molar-refractivity contribution is 6.42. The number of carbonyl (C=O) groups excluding carboxylic acids is 1. The SMILES string of the molecule is CCOc1cc(C)c(/C=C(\C#N)C(=O)Nc2ccc(Cl)c(Cl)c2)cc1C(C)C. The van der Waals surface area contributed by atoms with Gasteiger partial charge in [0.2, 0.25) is 0 Å². The van der Waals surface area contributed by atoms with Crippen LogP contribution in [0.2, 0.25) is 10.0 Å². The van der Waals surface area contributed by atoms with Crippen LogP contribution in [0, 0.1) is 18.3 Å². The van der Waals surface area contributed by atoms with Crippen LogP contribution in [0.5, 0.6) is 5.75 Å². The number of nitriles is 1. The molecule has 146 valence electrons. The van der Waals surface area contributed by atoms with Gasteiger partial charge in [-0.1, -0.05) is 37.0 Å². The lowest BCUT2D eigenvalue weighted by molar-refractivity contribution is -0.112. The molecule has 2 aromatic rings. The largest absolute Gasteiger partial charge is 0.494 e.